The van der Waals surface area contributed by atoms with Crippen molar-refractivity contribution >= 4 is 13.9 Å². The molecular formula is C17H34BNO4. The van der Waals surface area contributed by atoms with E-state index in [1.807, 2.05) is 27.6 Å². The molecule has 0 unspecified atom stereocenters. The lowest BCUT2D eigenvalue weighted by Crippen LogP contribution is -2.41. The molecule has 0 radical (unpaired) electrons. The first kappa shape index (κ1) is 22.3. The number of likely N-dealkylation sites (N-methyl/N-ethyl adjacent to an activating group) is 1. The number of nitrogens with zero attached hydrogens (tertiary/aromatic N) is 1. The third kappa shape index (κ3) is 6.75. The molecule has 1 fully saturated rings. The normalized spacial score (nSPS) is 22.7. The van der Waals surface area contributed by atoms with E-state index in [1.54, 1.807) is 7.11 Å². The monoisotopic (exact) mass is 327 g/mol. The van der Waals surface area contributed by atoms with Gasteiger partial charge in [-0.15, -0.1) is 0 Å². The van der Waals surface area contributed by atoms with Crippen LogP contribution in [0.2, 0.25) is 0 Å². The van der Waals surface area contributed by atoms with E-state index in [9.17, 15) is 0 Å². The predicted molar refractivity (Wildman–Crippen MR) is 95.5 cm³/mol. The van der Waals surface area contributed by atoms with Gasteiger partial charge < -0.3 is 18.8 Å². The van der Waals surface area contributed by atoms with Gasteiger partial charge in [-0.3, -0.25) is 4.90 Å². The Bertz CT molecular complexity index is 386. The molecule has 2 aliphatic heterocycles. The molecule has 6 heteroatoms. The average Bonchev–Trinajstić information content (AvgIpc) is 2.94. The summed E-state index contributed by atoms with van der Waals surface area (Å²) in [6.07, 6.45) is 2.21. The maximum Gasteiger partial charge on any atom is 0.491 e. The van der Waals surface area contributed by atoms with Gasteiger partial charge in [-0.25, -0.2) is 0 Å². The van der Waals surface area contributed by atoms with Crippen LogP contribution in [-0.4, -0.2) is 62.9 Å². The molecule has 0 bridgehead atoms. The topological polar surface area (TPSA) is 48.0 Å². The molecule has 0 N–H and O–H groups in total. The Hall–Kier alpha value is -0.685. The van der Waals surface area contributed by atoms with Crippen LogP contribution in [0.5, 0.6) is 0 Å². The zero-order valence-electron chi connectivity index (χ0n) is 16.4. The number of ether oxygens (including phenoxy) is 1. The van der Waals surface area contributed by atoms with Gasteiger partial charge >= 0.3 is 7.12 Å². The van der Waals surface area contributed by atoms with Crippen molar-refractivity contribution in [1.82, 2.24) is 4.90 Å². The van der Waals surface area contributed by atoms with Crippen LogP contribution in [0.1, 0.15) is 48.5 Å². The zero-order chi connectivity index (χ0) is 18.5. The van der Waals surface area contributed by atoms with E-state index in [0.717, 1.165) is 13.1 Å². The number of carbonyl (C=O) groups excluding carboxylic acids is 1. The summed E-state index contributed by atoms with van der Waals surface area (Å²) >= 11 is 0. The highest BCUT2D eigenvalue weighted by molar-refractivity contribution is 6.54. The second-order valence-corrected chi connectivity index (χ2v) is 7.88. The molecule has 0 aromatic heterocycles. The third-order valence-corrected chi connectivity index (χ3v) is 4.29. The van der Waals surface area contributed by atoms with Crippen molar-refractivity contribution in [2.75, 3.05) is 27.2 Å². The van der Waals surface area contributed by atoms with E-state index in [4.69, 9.17) is 18.8 Å². The van der Waals surface area contributed by atoms with Crippen LogP contribution in [0.15, 0.2) is 11.5 Å². The summed E-state index contributed by atoms with van der Waals surface area (Å²) in [5.41, 5.74) is 0.857. The van der Waals surface area contributed by atoms with Gasteiger partial charge in [-0.05, 0) is 61.0 Å². The summed E-state index contributed by atoms with van der Waals surface area (Å²) in [5, 5.41) is 0. The number of hydrogen-bond acceptors (Lipinski definition) is 5. The highest BCUT2D eigenvalue weighted by Gasteiger charge is 2.52. The van der Waals surface area contributed by atoms with Crippen molar-refractivity contribution < 1.29 is 18.8 Å². The van der Waals surface area contributed by atoms with E-state index in [0.29, 0.717) is 0 Å². The number of methoxy groups -OCH3 is 1. The summed E-state index contributed by atoms with van der Waals surface area (Å²) in [6, 6.07) is 0. The molecule has 1 saturated heterocycles. The standard InChI is InChI=1S/C11H20BNO2.C5H12O.CH2O/c1-10(2)11(3,4)15-12(14-10)9-6-7-13(5)8-9;1-5(2,3)6-4;1-2/h6H,7-8H2,1-5H3;1-4H3;1H2. The molecule has 0 aliphatic carbocycles. The Labute approximate surface area is 142 Å². The summed E-state index contributed by atoms with van der Waals surface area (Å²) in [6.45, 7) is 18.4. The molecule has 134 valence electrons. The molecule has 0 saturated carbocycles. The maximum atomic E-state index is 8.00. The minimum absolute atomic E-state index is 0.0417. The fraction of sp³-hybridized carbons (Fsp3) is 0.824. The van der Waals surface area contributed by atoms with Crippen LogP contribution in [0.4, 0.5) is 0 Å². The minimum atomic E-state index is -0.223. The maximum absolute atomic E-state index is 8.00. The minimum Gasteiger partial charge on any atom is -0.400 e. The van der Waals surface area contributed by atoms with Crippen LogP contribution in [0, 0.1) is 0 Å². The van der Waals surface area contributed by atoms with E-state index in [2.05, 4.69) is 45.7 Å². The molecule has 0 aromatic rings. The van der Waals surface area contributed by atoms with Crippen LogP contribution in [-0.2, 0) is 18.8 Å². The largest absolute Gasteiger partial charge is 0.491 e. The molecular weight excluding hydrogens is 293 g/mol. The molecule has 0 spiro atoms. The lowest BCUT2D eigenvalue weighted by molar-refractivity contribution is -0.0980. The van der Waals surface area contributed by atoms with Crippen molar-refractivity contribution in [2.45, 2.75) is 65.3 Å². The van der Waals surface area contributed by atoms with Crippen molar-refractivity contribution in [2.24, 2.45) is 0 Å². The second-order valence-electron chi connectivity index (χ2n) is 7.88. The summed E-state index contributed by atoms with van der Waals surface area (Å²) in [4.78, 5) is 10.3. The lowest BCUT2D eigenvalue weighted by atomic mass is 9.79. The van der Waals surface area contributed by atoms with E-state index in [1.165, 1.54) is 5.47 Å². The highest BCUT2D eigenvalue weighted by Crippen LogP contribution is 2.38. The van der Waals surface area contributed by atoms with Gasteiger partial charge in [0, 0.05) is 20.2 Å². The first-order valence-electron chi connectivity index (χ1n) is 7.95. The molecule has 2 rings (SSSR count). The zero-order valence-corrected chi connectivity index (χ0v) is 16.4. The molecule has 2 heterocycles. The quantitative estimate of drug-likeness (QED) is 0.693. The Morgan fingerprint density at radius 1 is 1.17 bits per heavy atom. The first-order chi connectivity index (χ1) is 10.4. The lowest BCUT2D eigenvalue weighted by Gasteiger charge is -2.32. The molecule has 0 atom stereocenters. The summed E-state index contributed by atoms with van der Waals surface area (Å²) in [5.74, 6) is 0. The summed E-state index contributed by atoms with van der Waals surface area (Å²) in [7, 11) is 3.66. The van der Waals surface area contributed by atoms with E-state index in [-0.39, 0.29) is 23.9 Å². The smallest absolute Gasteiger partial charge is 0.400 e. The fourth-order valence-corrected chi connectivity index (χ4v) is 1.88. The van der Waals surface area contributed by atoms with E-state index < -0.39 is 0 Å². The van der Waals surface area contributed by atoms with Gasteiger partial charge in [0.2, 0.25) is 0 Å². The Kier molecular flexibility index (Phi) is 8.17. The van der Waals surface area contributed by atoms with Crippen molar-refractivity contribution in [3.63, 3.8) is 0 Å². The van der Waals surface area contributed by atoms with E-state index >= 15 is 0 Å². The Morgan fingerprint density at radius 2 is 1.57 bits per heavy atom. The van der Waals surface area contributed by atoms with Gasteiger partial charge in [0.25, 0.3) is 0 Å². The Morgan fingerprint density at radius 3 is 1.83 bits per heavy atom. The highest BCUT2D eigenvalue weighted by atomic mass is 16.7. The summed E-state index contributed by atoms with van der Waals surface area (Å²) < 4.78 is 16.9. The van der Waals surface area contributed by atoms with Crippen LogP contribution >= 0.6 is 0 Å². The van der Waals surface area contributed by atoms with Crippen molar-refractivity contribution in [1.29, 1.82) is 0 Å². The van der Waals surface area contributed by atoms with Gasteiger partial charge in [-0.1, -0.05) is 6.08 Å². The second kappa shape index (κ2) is 8.42. The Balaban J connectivity index is 0.000000515. The number of carbonyl (C=O) groups is 1. The van der Waals surface area contributed by atoms with Gasteiger partial charge in [0.15, 0.2) is 0 Å². The van der Waals surface area contributed by atoms with Crippen molar-refractivity contribution in [3.05, 3.63) is 11.5 Å². The van der Waals surface area contributed by atoms with Crippen LogP contribution in [0.25, 0.3) is 0 Å². The number of hydrogen-bond donors (Lipinski definition) is 0. The van der Waals surface area contributed by atoms with Crippen LogP contribution in [0.3, 0.4) is 0 Å². The first-order valence-corrected chi connectivity index (χ1v) is 7.95. The van der Waals surface area contributed by atoms with Gasteiger partial charge in [-0.2, -0.15) is 0 Å². The average molecular weight is 327 g/mol. The molecule has 2 aliphatic rings. The SMILES string of the molecule is C=O.CN1CC=C(B2OC(C)(C)C(C)(C)O2)C1.COC(C)(C)C. The van der Waals surface area contributed by atoms with Crippen LogP contribution < -0.4 is 0 Å². The molecule has 0 amide bonds. The fourth-order valence-electron chi connectivity index (χ4n) is 1.88. The molecule has 0 aromatic carbocycles. The molecule has 5 nitrogen and oxygen atoms in total. The van der Waals surface area contributed by atoms with Crippen molar-refractivity contribution in [3.8, 4) is 0 Å². The molecule has 23 heavy (non-hydrogen) atoms. The number of rotatable bonds is 1. The van der Waals surface area contributed by atoms with Gasteiger partial charge in [0.1, 0.15) is 6.79 Å². The third-order valence-electron chi connectivity index (χ3n) is 4.29. The van der Waals surface area contributed by atoms with Gasteiger partial charge in [0.05, 0.1) is 16.8 Å². The predicted octanol–water partition coefficient (Wildman–Crippen LogP) is 2.74.